The molecule has 2 saturated heterocycles. The second-order valence-corrected chi connectivity index (χ2v) is 7.80. The summed E-state index contributed by atoms with van der Waals surface area (Å²) in [4.78, 5) is 53.2. The summed E-state index contributed by atoms with van der Waals surface area (Å²) in [5, 5.41) is 0. The monoisotopic (exact) mass is 388 g/mol. The Balaban J connectivity index is 1.60. The summed E-state index contributed by atoms with van der Waals surface area (Å²) in [6, 6.07) is 2.21. The number of hydrogen-bond acceptors (Lipinski definition) is 4. The van der Waals surface area contributed by atoms with Crippen LogP contribution in [0.5, 0.6) is 0 Å². The molecule has 3 heterocycles. The summed E-state index contributed by atoms with van der Waals surface area (Å²) in [6.45, 7) is 9.65. The highest BCUT2D eigenvalue weighted by atomic mass is 16.2. The summed E-state index contributed by atoms with van der Waals surface area (Å²) in [7, 11) is 0. The average Bonchev–Trinajstić information content (AvgIpc) is 3.13. The average molecular weight is 388 g/mol. The molecule has 2 aliphatic rings. The lowest BCUT2D eigenvalue weighted by molar-refractivity contribution is -0.146. The number of amides is 4. The highest BCUT2D eigenvalue weighted by Crippen LogP contribution is 2.22. The van der Waals surface area contributed by atoms with Crippen molar-refractivity contribution in [3.63, 3.8) is 0 Å². The minimum Gasteiger partial charge on any atom is -0.346 e. The van der Waals surface area contributed by atoms with Crippen LogP contribution in [0.3, 0.4) is 0 Å². The van der Waals surface area contributed by atoms with Gasteiger partial charge in [0, 0.05) is 56.5 Å². The highest BCUT2D eigenvalue weighted by molar-refractivity contribution is 6.04. The maximum Gasteiger partial charge on any atom is 0.255 e. The van der Waals surface area contributed by atoms with Gasteiger partial charge in [0.25, 0.3) is 5.91 Å². The van der Waals surface area contributed by atoms with Crippen LogP contribution >= 0.6 is 0 Å². The quantitative estimate of drug-likeness (QED) is 0.724. The minimum atomic E-state index is -0.285. The van der Waals surface area contributed by atoms with Crippen molar-refractivity contribution in [2.24, 2.45) is 0 Å². The molecule has 8 nitrogen and oxygen atoms in total. The molecule has 0 bridgehead atoms. The maximum absolute atomic E-state index is 13.0. The van der Waals surface area contributed by atoms with Gasteiger partial charge in [0.05, 0.1) is 5.56 Å². The van der Waals surface area contributed by atoms with E-state index >= 15 is 0 Å². The second kappa shape index (κ2) is 7.77. The molecule has 0 atom stereocenters. The molecule has 0 saturated carbocycles. The first-order chi connectivity index (χ1) is 13.2. The maximum atomic E-state index is 13.0. The Hall–Kier alpha value is -2.64. The topological polar surface area (TPSA) is 82.9 Å². The molecule has 4 amide bonds. The molecule has 3 rings (SSSR count). The van der Waals surface area contributed by atoms with E-state index in [9.17, 15) is 19.2 Å². The lowest BCUT2D eigenvalue weighted by atomic mass is 10.2. The molecule has 8 heteroatoms. The molecule has 0 aliphatic carbocycles. The lowest BCUT2D eigenvalue weighted by Gasteiger charge is -2.35. The van der Waals surface area contributed by atoms with Crippen molar-refractivity contribution >= 4 is 23.6 Å². The molecule has 0 spiro atoms. The molecule has 28 heavy (non-hydrogen) atoms. The number of nitrogens with zero attached hydrogens (tertiary/aromatic N) is 4. The second-order valence-electron chi connectivity index (χ2n) is 7.80. The Morgan fingerprint density at radius 1 is 0.964 bits per heavy atom. The predicted octanol–water partition coefficient (Wildman–Crippen LogP) is 1.12. The van der Waals surface area contributed by atoms with Crippen molar-refractivity contribution in [1.82, 2.24) is 19.3 Å². The minimum absolute atomic E-state index is 0.0167. The third-order valence-electron chi connectivity index (χ3n) is 5.60. The van der Waals surface area contributed by atoms with Crippen LogP contribution in [-0.2, 0) is 14.4 Å². The number of likely N-dealkylation sites (tertiary alicyclic amines) is 1. The molecule has 0 radical (unpaired) electrons. The van der Waals surface area contributed by atoms with E-state index in [1.165, 1.54) is 0 Å². The summed E-state index contributed by atoms with van der Waals surface area (Å²) < 4.78 is 2.15. The van der Waals surface area contributed by atoms with Gasteiger partial charge in [-0.25, -0.2) is 0 Å². The van der Waals surface area contributed by atoms with Gasteiger partial charge in [-0.1, -0.05) is 0 Å². The van der Waals surface area contributed by atoms with Crippen LogP contribution in [0.4, 0.5) is 0 Å². The number of aromatic nitrogens is 1. The van der Waals surface area contributed by atoms with Crippen molar-refractivity contribution in [2.45, 2.75) is 46.6 Å². The molecular weight excluding hydrogens is 360 g/mol. The van der Waals surface area contributed by atoms with Gasteiger partial charge < -0.3 is 14.4 Å². The first-order valence-electron chi connectivity index (χ1n) is 9.79. The first-order valence-corrected chi connectivity index (χ1v) is 9.79. The van der Waals surface area contributed by atoms with E-state index in [0.29, 0.717) is 31.7 Å². The Morgan fingerprint density at radius 2 is 1.50 bits per heavy atom. The molecule has 0 unspecified atom stereocenters. The van der Waals surface area contributed by atoms with Gasteiger partial charge >= 0.3 is 0 Å². The fourth-order valence-electron chi connectivity index (χ4n) is 4.15. The first kappa shape index (κ1) is 20.1. The van der Waals surface area contributed by atoms with E-state index in [1.807, 2.05) is 19.9 Å². The van der Waals surface area contributed by atoms with Gasteiger partial charge in [0.1, 0.15) is 6.54 Å². The van der Waals surface area contributed by atoms with Crippen LogP contribution in [0.2, 0.25) is 0 Å². The van der Waals surface area contributed by atoms with Gasteiger partial charge in [-0.05, 0) is 33.8 Å². The predicted molar refractivity (Wildman–Crippen MR) is 103 cm³/mol. The van der Waals surface area contributed by atoms with Crippen LogP contribution in [0.15, 0.2) is 6.07 Å². The Bertz CT molecular complexity index is 802. The Morgan fingerprint density at radius 3 is 2.00 bits per heavy atom. The highest BCUT2D eigenvalue weighted by Gasteiger charge is 2.33. The Labute approximate surface area is 165 Å². The molecule has 0 aromatic carbocycles. The van der Waals surface area contributed by atoms with E-state index in [1.54, 1.807) is 9.80 Å². The van der Waals surface area contributed by atoms with Crippen LogP contribution in [0.25, 0.3) is 0 Å². The van der Waals surface area contributed by atoms with Crippen molar-refractivity contribution in [2.75, 3.05) is 32.7 Å². The largest absolute Gasteiger partial charge is 0.346 e. The van der Waals surface area contributed by atoms with Gasteiger partial charge in [-0.3, -0.25) is 24.1 Å². The smallest absolute Gasteiger partial charge is 0.255 e. The number of imide groups is 1. The number of aryl methyl sites for hydroxylation is 1. The molecule has 1 aromatic heterocycles. The van der Waals surface area contributed by atoms with Crippen molar-refractivity contribution in [3.05, 3.63) is 23.0 Å². The number of rotatable bonds is 4. The van der Waals surface area contributed by atoms with Gasteiger partial charge in [0.15, 0.2) is 0 Å². The van der Waals surface area contributed by atoms with Gasteiger partial charge in [-0.2, -0.15) is 0 Å². The molecule has 1 aromatic rings. The summed E-state index contributed by atoms with van der Waals surface area (Å²) in [5.74, 6) is -0.828. The number of piperazine rings is 1. The van der Waals surface area contributed by atoms with Crippen LogP contribution < -0.4 is 0 Å². The normalized spacial score (nSPS) is 17.8. The third kappa shape index (κ3) is 3.68. The lowest BCUT2D eigenvalue weighted by Crippen LogP contribution is -2.53. The number of hydrogen-bond donors (Lipinski definition) is 0. The van der Waals surface area contributed by atoms with Gasteiger partial charge in [-0.15, -0.1) is 0 Å². The van der Waals surface area contributed by atoms with E-state index in [-0.39, 0.29) is 49.1 Å². The van der Waals surface area contributed by atoms with Crippen molar-refractivity contribution in [3.8, 4) is 0 Å². The molecule has 152 valence electrons. The fourth-order valence-corrected chi connectivity index (χ4v) is 4.15. The van der Waals surface area contributed by atoms with Crippen LogP contribution in [-0.4, -0.2) is 75.6 Å². The summed E-state index contributed by atoms with van der Waals surface area (Å²) in [6.07, 6.45) is 0.367. The fraction of sp³-hybridized carbons (Fsp3) is 0.600. The van der Waals surface area contributed by atoms with Gasteiger partial charge in [0.2, 0.25) is 17.7 Å². The molecule has 0 N–H and O–H groups in total. The van der Waals surface area contributed by atoms with Crippen LogP contribution in [0.1, 0.15) is 54.5 Å². The standard InChI is InChI=1S/C20H28N4O4/c1-13(2)24-14(3)11-16(15(24)4)20(28)22-9-7-21(8-10-22)19(27)12-23-17(25)5-6-18(23)26/h11,13H,5-10,12H2,1-4H3. The molecule has 2 fully saturated rings. The number of carbonyl (C=O) groups is 4. The van der Waals surface area contributed by atoms with E-state index < -0.39 is 0 Å². The summed E-state index contributed by atoms with van der Waals surface area (Å²) in [5.41, 5.74) is 2.73. The molecular formula is C20H28N4O4. The van der Waals surface area contributed by atoms with Crippen molar-refractivity contribution in [1.29, 1.82) is 0 Å². The zero-order valence-corrected chi connectivity index (χ0v) is 17.0. The van der Waals surface area contributed by atoms with Crippen molar-refractivity contribution < 1.29 is 19.2 Å². The third-order valence-corrected chi connectivity index (χ3v) is 5.60. The zero-order valence-electron chi connectivity index (χ0n) is 17.0. The van der Waals surface area contributed by atoms with E-state index in [0.717, 1.165) is 16.3 Å². The number of carbonyl (C=O) groups excluding carboxylic acids is 4. The molecule has 2 aliphatic heterocycles. The van der Waals surface area contributed by atoms with Crippen LogP contribution in [0, 0.1) is 13.8 Å². The SMILES string of the molecule is Cc1cc(C(=O)N2CCN(C(=O)CN3C(=O)CCC3=O)CC2)c(C)n1C(C)C. The summed E-state index contributed by atoms with van der Waals surface area (Å²) >= 11 is 0. The van der Waals surface area contributed by atoms with E-state index in [4.69, 9.17) is 0 Å². The van der Waals surface area contributed by atoms with E-state index in [2.05, 4.69) is 18.4 Å². The zero-order chi connectivity index (χ0) is 20.6. The Kier molecular flexibility index (Phi) is 5.58.